The number of anilines is 1. The predicted octanol–water partition coefficient (Wildman–Crippen LogP) is 5.21. The highest BCUT2D eigenvalue weighted by atomic mass is 35.5. The van der Waals surface area contributed by atoms with E-state index in [4.69, 9.17) is 17.3 Å². The lowest BCUT2D eigenvalue weighted by Crippen LogP contribution is -1.89. The van der Waals surface area contributed by atoms with Crippen LogP contribution in [0.5, 0.6) is 0 Å². The number of nitrogens with zero attached hydrogens (tertiary/aromatic N) is 1. The minimum Gasteiger partial charge on any atom is -0.369 e. The van der Waals surface area contributed by atoms with Gasteiger partial charge >= 0.3 is 0 Å². The lowest BCUT2D eigenvalue weighted by Gasteiger charge is -2.03. The Hall–Kier alpha value is -1.48. The van der Waals surface area contributed by atoms with E-state index in [0.717, 1.165) is 16.6 Å². The number of hydrogen-bond acceptors (Lipinski definition) is 2. The van der Waals surface area contributed by atoms with Gasteiger partial charge in [-0.1, -0.05) is 58.4 Å². The summed E-state index contributed by atoms with van der Waals surface area (Å²) in [5, 5.41) is 0.854. The van der Waals surface area contributed by atoms with Gasteiger partial charge in [0.1, 0.15) is 0 Å². The van der Waals surface area contributed by atoms with E-state index < -0.39 is 0 Å². The Morgan fingerprint density at radius 1 is 1.32 bits per heavy atom. The zero-order valence-corrected chi connectivity index (χ0v) is 14.8. The van der Waals surface area contributed by atoms with E-state index in [-0.39, 0.29) is 0 Å². The highest BCUT2D eigenvalue weighted by Gasteiger charge is 2.54. The Bertz CT molecular complexity index is 631. The van der Waals surface area contributed by atoms with Gasteiger partial charge in [0.2, 0.25) is 0 Å². The average Bonchev–Trinajstić information content (AvgIpc) is 2.75. The van der Waals surface area contributed by atoms with E-state index in [2.05, 4.69) is 56.7 Å². The van der Waals surface area contributed by atoms with Crippen LogP contribution in [0.1, 0.15) is 57.7 Å². The van der Waals surface area contributed by atoms with Crippen LogP contribution >= 0.6 is 11.6 Å². The molecule has 1 heterocycles. The highest BCUT2D eigenvalue weighted by molar-refractivity contribution is 6.30. The summed E-state index contributed by atoms with van der Waals surface area (Å²) in [5.74, 6) is 2.46. The van der Waals surface area contributed by atoms with Gasteiger partial charge in [0.05, 0.1) is 6.20 Å². The molecular formula is C18H26ClN3. The van der Waals surface area contributed by atoms with Crippen LogP contribution in [-0.2, 0) is 0 Å². The average molecular weight is 320 g/mol. The van der Waals surface area contributed by atoms with Gasteiger partial charge in [-0.25, -0.2) is 4.98 Å². The van der Waals surface area contributed by atoms with Crippen molar-refractivity contribution in [3.63, 3.8) is 0 Å². The van der Waals surface area contributed by atoms with Gasteiger partial charge in [-0.05, 0) is 40.9 Å². The Balaban J connectivity index is 0.000000172. The molecule has 22 heavy (non-hydrogen) atoms. The second-order valence-corrected chi connectivity index (χ2v) is 7.46. The molecule has 1 aromatic carbocycles. The third kappa shape index (κ3) is 3.64. The first kappa shape index (κ1) is 16.9. The first-order valence-corrected chi connectivity index (χ1v) is 8.17. The second-order valence-electron chi connectivity index (χ2n) is 7.02. The van der Waals surface area contributed by atoms with Gasteiger partial charge < -0.3 is 10.7 Å². The number of hydrogen-bond donors (Lipinski definition) is 2. The van der Waals surface area contributed by atoms with E-state index in [1.54, 1.807) is 6.20 Å². The van der Waals surface area contributed by atoms with E-state index >= 15 is 0 Å². The molecule has 4 heteroatoms. The van der Waals surface area contributed by atoms with E-state index in [1.807, 2.05) is 12.1 Å². The van der Waals surface area contributed by atoms with E-state index in [1.165, 1.54) is 5.56 Å². The summed E-state index contributed by atoms with van der Waals surface area (Å²) in [4.78, 5) is 6.80. The van der Waals surface area contributed by atoms with Crippen molar-refractivity contribution in [3.05, 3.63) is 46.7 Å². The zero-order valence-electron chi connectivity index (χ0n) is 14.0. The summed E-state index contributed by atoms with van der Waals surface area (Å²) in [6, 6.07) is 8.25. The fraction of sp³-hybridized carbons (Fsp3) is 0.500. The highest BCUT2D eigenvalue weighted by Crippen LogP contribution is 2.64. The Labute approximate surface area is 138 Å². The lowest BCUT2D eigenvalue weighted by molar-refractivity contribution is 0.575. The summed E-state index contributed by atoms with van der Waals surface area (Å²) in [6.07, 6.45) is 1.76. The minimum absolute atomic E-state index is 0.463. The molecule has 1 fully saturated rings. The van der Waals surface area contributed by atoms with Crippen molar-refractivity contribution in [2.24, 2.45) is 11.3 Å². The van der Waals surface area contributed by atoms with Gasteiger partial charge in [0.25, 0.3) is 0 Å². The molecule has 1 aliphatic rings. The predicted molar refractivity (Wildman–Crippen MR) is 94.2 cm³/mol. The molecule has 120 valence electrons. The number of H-pyrrole nitrogens is 1. The number of imidazole rings is 1. The standard InChI is InChI=1S/C12H15Cl.C6H11N3/c1-8-11(12(8,2)3)9-5-4-6-10(13)7-9;1-4(2)5-3-8-6(7)9-5/h4-8,11H,1-3H3;3-4H,1-2H3,(H3,7,8,9)/t8-,11+;/m1./s1. The maximum absolute atomic E-state index is 5.96. The topological polar surface area (TPSA) is 54.7 Å². The molecular weight excluding hydrogens is 294 g/mol. The normalized spacial score (nSPS) is 22.1. The van der Waals surface area contributed by atoms with Gasteiger partial charge in [0.15, 0.2) is 5.95 Å². The summed E-state index contributed by atoms with van der Waals surface area (Å²) in [7, 11) is 0. The third-order valence-corrected chi connectivity index (χ3v) is 5.05. The molecule has 0 saturated heterocycles. The number of nitrogens with two attached hydrogens (primary N) is 1. The quantitative estimate of drug-likeness (QED) is 0.797. The third-order valence-electron chi connectivity index (χ3n) is 4.81. The summed E-state index contributed by atoms with van der Waals surface area (Å²) < 4.78 is 0. The van der Waals surface area contributed by atoms with Crippen LogP contribution in [0, 0.1) is 11.3 Å². The van der Waals surface area contributed by atoms with Gasteiger partial charge in [0, 0.05) is 10.7 Å². The molecule has 3 nitrogen and oxygen atoms in total. The van der Waals surface area contributed by atoms with Crippen LogP contribution in [-0.4, -0.2) is 9.97 Å². The fourth-order valence-corrected chi connectivity index (χ4v) is 3.16. The number of halogens is 1. The maximum Gasteiger partial charge on any atom is 0.197 e. The molecule has 0 aliphatic heterocycles. The van der Waals surface area contributed by atoms with Crippen LogP contribution in [0.15, 0.2) is 30.5 Å². The molecule has 0 radical (unpaired) electrons. The number of rotatable bonds is 2. The van der Waals surface area contributed by atoms with Crippen molar-refractivity contribution in [3.8, 4) is 0 Å². The number of nitrogens with one attached hydrogen (secondary N) is 1. The molecule has 3 rings (SSSR count). The molecule has 3 N–H and O–H groups in total. The Morgan fingerprint density at radius 2 is 1.95 bits per heavy atom. The van der Waals surface area contributed by atoms with Crippen molar-refractivity contribution < 1.29 is 0 Å². The van der Waals surface area contributed by atoms with Gasteiger partial charge in [-0.2, -0.15) is 0 Å². The van der Waals surface area contributed by atoms with E-state index in [0.29, 0.717) is 23.2 Å². The van der Waals surface area contributed by atoms with Crippen molar-refractivity contribution in [2.45, 2.75) is 46.5 Å². The van der Waals surface area contributed by atoms with E-state index in [9.17, 15) is 0 Å². The number of aromatic nitrogens is 2. The summed E-state index contributed by atoms with van der Waals surface area (Å²) in [5.41, 5.74) is 8.30. The van der Waals surface area contributed by atoms with Crippen LogP contribution in [0.3, 0.4) is 0 Å². The van der Waals surface area contributed by atoms with Crippen molar-refractivity contribution in [1.82, 2.24) is 9.97 Å². The van der Waals surface area contributed by atoms with Gasteiger partial charge in [-0.15, -0.1) is 0 Å². The summed E-state index contributed by atoms with van der Waals surface area (Å²) >= 11 is 5.96. The van der Waals surface area contributed by atoms with Crippen LogP contribution < -0.4 is 5.73 Å². The first-order valence-electron chi connectivity index (χ1n) is 7.79. The molecule has 2 aromatic rings. The number of aromatic amines is 1. The number of nitrogen functional groups attached to an aromatic ring is 1. The number of benzene rings is 1. The molecule has 2 atom stereocenters. The molecule has 1 aromatic heterocycles. The molecule has 0 bridgehead atoms. The SMILES string of the molecule is CC(C)c1cnc(N)[nH]1.C[C@@H]1[C@@H](c2cccc(Cl)c2)C1(C)C. The Morgan fingerprint density at radius 3 is 2.32 bits per heavy atom. The lowest BCUT2D eigenvalue weighted by atomic mass is 10.0. The monoisotopic (exact) mass is 319 g/mol. The smallest absolute Gasteiger partial charge is 0.197 e. The van der Waals surface area contributed by atoms with Crippen molar-refractivity contribution in [1.29, 1.82) is 0 Å². The Kier molecular flexibility index (Phi) is 4.86. The molecule has 0 unspecified atom stereocenters. The van der Waals surface area contributed by atoms with Crippen LogP contribution in [0.25, 0.3) is 0 Å². The maximum atomic E-state index is 5.96. The zero-order chi connectivity index (χ0) is 16.5. The van der Waals surface area contributed by atoms with Crippen molar-refractivity contribution >= 4 is 17.5 Å². The van der Waals surface area contributed by atoms with Crippen molar-refractivity contribution in [2.75, 3.05) is 5.73 Å². The van der Waals surface area contributed by atoms with Gasteiger partial charge in [-0.3, -0.25) is 0 Å². The van der Waals surface area contributed by atoms with Crippen LogP contribution in [0.4, 0.5) is 5.95 Å². The molecule has 1 saturated carbocycles. The fourth-order valence-electron chi connectivity index (χ4n) is 2.96. The minimum atomic E-state index is 0.463. The molecule has 0 spiro atoms. The molecule has 1 aliphatic carbocycles. The first-order chi connectivity index (χ1) is 10.2. The second kappa shape index (κ2) is 6.33. The molecule has 0 amide bonds. The largest absolute Gasteiger partial charge is 0.369 e. The summed E-state index contributed by atoms with van der Waals surface area (Å²) in [6.45, 7) is 11.1. The van der Waals surface area contributed by atoms with Crippen LogP contribution in [0.2, 0.25) is 5.02 Å².